The zero-order valence-electron chi connectivity index (χ0n) is 16.8. The molecule has 26 heavy (non-hydrogen) atoms. The number of rotatable bonds is 4. The average molecular weight is 410 g/mol. The van der Waals surface area contributed by atoms with Gasteiger partial charge in [-0.1, -0.05) is 47.6 Å². The van der Waals surface area contributed by atoms with Crippen LogP contribution in [-0.2, 0) is 35.2 Å². The fourth-order valence-corrected chi connectivity index (χ4v) is 3.56. The molecule has 0 atom stereocenters. The van der Waals surface area contributed by atoms with Crippen LogP contribution in [0.25, 0.3) is 0 Å². The molecule has 0 bridgehead atoms. The number of hydrogen-bond acceptors (Lipinski definition) is 5. The normalized spacial score (nSPS) is 12.7. The molecule has 0 spiro atoms. The summed E-state index contributed by atoms with van der Waals surface area (Å²) in [6.07, 6.45) is 0.190. The molecule has 3 N–H and O–H groups in total. The van der Waals surface area contributed by atoms with E-state index < -0.39 is 15.9 Å². The van der Waals surface area contributed by atoms with Gasteiger partial charge in [-0.15, -0.1) is 0 Å². The van der Waals surface area contributed by atoms with Crippen molar-refractivity contribution in [1.29, 1.82) is 0 Å². The van der Waals surface area contributed by atoms with Gasteiger partial charge in [0, 0.05) is 14.2 Å². The number of phenolic OH excluding ortho intramolecular Hbond substituents is 1. The van der Waals surface area contributed by atoms with Crippen LogP contribution in [0.5, 0.6) is 5.75 Å². The number of phenols is 1. The van der Waals surface area contributed by atoms with Crippen molar-refractivity contribution < 1.29 is 33.1 Å². The molecule has 9 heteroatoms. The van der Waals surface area contributed by atoms with Crippen LogP contribution in [0.2, 0.25) is 0 Å². The molecule has 0 aliphatic heterocycles. The molecular weight excluding hydrogens is 378 g/mol. The Kier molecular flexibility index (Phi) is 9.25. The van der Waals surface area contributed by atoms with Gasteiger partial charge in [-0.25, -0.2) is 0 Å². The molecule has 0 heterocycles. The third kappa shape index (κ3) is 7.91. The van der Waals surface area contributed by atoms with E-state index in [1.807, 2.05) is 26.8 Å². The van der Waals surface area contributed by atoms with Gasteiger partial charge in [-0.05, 0) is 33.6 Å². The van der Waals surface area contributed by atoms with Crippen LogP contribution in [0.3, 0.4) is 0 Å². The Labute approximate surface area is 156 Å². The second kappa shape index (κ2) is 9.50. The lowest BCUT2D eigenvalue weighted by atomic mass is 9.79. The third-order valence-corrected chi connectivity index (χ3v) is 5.60. The summed E-state index contributed by atoms with van der Waals surface area (Å²) >= 11 is 0. The predicted octanol–water partition coefficient (Wildman–Crippen LogP) is 4.33. The van der Waals surface area contributed by atoms with Gasteiger partial charge in [-0.2, -0.15) is 0 Å². The van der Waals surface area contributed by atoms with E-state index >= 15 is 0 Å². The van der Waals surface area contributed by atoms with Crippen molar-refractivity contribution in [1.82, 2.24) is 0 Å². The Hall–Kier alpha value is -0.680. The fraction of sp³-hybridized carbons (Fsp3) is 0.647. The number of hydrogen-bond donors (Lipinski definition) is 3. The van der Waals surface area contributed by atoms with E-state index in [-0.39, 0.29) is 22.7 Å². The quantitative estimate of drug-likeness (QED) is 0.633. The molecule has 1 aromatic rings. The summed E-state index contributed by atoms with van der Waals surface area (Å²) in [4.78, 5) is 14.3. The second-order valence-corrected chi connectivity index (χ2v) is 10.8. The van der Waals surface area contributed by atoms with E-state index in [9.17, 15) is 9.67 Å². The minimum absolute atomic E-state index is 0.185. The SMILES string of the molecule is COP(=O)(Cc1cc(C(C)(C)C)c(O)cc1C(C)(C)C)OC.O=[PH](O)O. The molecule has 0 saturated carbocycles. The van der Waals surface area contributed by atoms with Gasteiger partial charge in [0.15, 0.2) is 0 Å². The number of aromatic hydroxyl groups is 1. The first-order valence-electron chi connectivity index (χ1n) is 8.06. The van der Waals surface area contributed by atoms with Crippen molar-refractivity contribution in [2.24, 2.45) is 0 Å². The summed E-state index contributed by atoms with van der Waals surface area (Å²) in [5, 5.41) is 10.4. The van der Waals surface area contributed by atoms with Crippen molar-refractivity contribution in [2.45, 2.75) is 58.5 Å². The topological polar surface area (TPSA) is 113 Å². The molecule has 0 aliphatic rings. The highest BCUT2D eigenvalue weighted by atomic mass is 31.2. The summed E-state index contributed by atoms with van der Waals surface area (Å²) in [7, 11) is -3.51. The van der Waals surface area contributed by atoms with Gasteiger partial charge in [0.25, 0.3) is 0 Å². The smallest absolute Gasteiger partial charge is 0.334 e. The van der Waals surface area contributed by atoms with Crippen LogP contribution < -0.4 is 0 Å². The van der Waals surface area contributed by atoms with E-state index in [0.717, 1.165) is 16.7 Å². The first kappa shape index (κ1) is 25.3. The zero-order chi connectivity index (χ0) is 20.9. The van der Waals surface area contributed by atoms with Crippen LogP contribution in [0.15, 0.2) is 12.1 Å². The van der Waals surface area contributed by atoms with E-state index in [2.05, 4.69) is 20.8 Å². The van der Waals surface area contributed by atoms with E-state index in [1.165, 1.54) is 14.2 Å². The van der Waals surface area contributed by atoms with Crippen LogP contribution in [0, 0.1) is 0 Å². The molecule has 0 aliphatic carbocycles. The Morgan fingerprint density at radius 1 is 0.962 bits per heavy atom. The van der Waals surface area contributed by atoms with Crippen molar-refractivity contribution >= 4 is 15.9 Å². The highest BCUT2D eigenvalue weighted by Crippen LogP contribution is 2.52. The summed E-state index contributed by atoms with van der Waals surface area (Å²) in [6, 6.07) is 3.71. The lowest BCUT2D eigenvalue weighted by Crippen LogP contribution is -2.18. The Morgan fingerprint density at radius 3 is 1.65 bits per heavy atom. The summed E-state index contributed by atoms with van der Waals surface area (Å²) in [5.74, 6) is 0.269. The molecule has 0 unspecified atom stereocenters. The maximum Gasteiger partial charge on any atom is 0.334 e. The molecule has 0 radical (unpaired) electrons. The van der Waals surface area contributed by atoms with Gasteiger partial charge in [0.1, 0.15) is 5.75 Å². The molecule has 1 aromatic carbocycles. The van der Waals surface area contributed by atoms with Gasteiger partial charge in [0.2, 0.25) is 0 Å². The lowest BCUT2D eigenvalue weighted by Gasteiger charge is -2.28. The molecule has 7 nitrogen and oxygen atoms in total. The van der Waals surface area contributed by atoms with Crippen LogP contribution in [0.4, 0.5) is 0 Å². The van der Waals surface area contributed by atoms with Crippen molar-refractivity contribution in [2.75, 3.05) is 14.2 Å². The van der Waals surface area contributed by atoms with E-state index in [0.29, 0.717) is 0 Å². The molecular formula is C17H32O7P2. The maximum atomic E-state index is 12.5. The van der Waals surface area contributed by atoms with Gasteiger partial charge in [0.05, 0.1) is 6.16 Å². The highest BCUT2D eigenvalue weighted by Gasteiger charge is 2.29. The predicted molar refractivity (Wildman–Crippen MR) is 104 cm³/mol. The second-order valence-electron chi connectivity index (χ2n) is 7.94. The van der Waals surface area contributed by atoms with Crippen LogP contribution in [0.1, 0.15) is 58.2 Å². The van der Waals surface area contributed by atoms with Crippen molar-refractivity contribution in [3.63, 3.8) is 0 Å². The van der Waals surface area contributed by atoms with E-state index in [1.54, 1.807) is 6.07 Å². The standard InChI is InChI=1S/C17H29O4P.H3O3P/c1-16(2,3)13-10-15(18)14(17(4,5)6)9-12(13)11-22(19,20-7)21-8;1-4(2)3/h9-10,18H,11H2,1-8H3;4H,(H2,1,2,3). The average Bonchev–Trinajstić information content (AvgIpc) is 2.45. The Bertz CT molecular complexity index is 661. The third-order valence-electron chi connectivity index (χ3n) is 3.76. The summed E-state index contributed by atoms with van der Waals surface area (Å²) in [6.45, 7) is 12.3. The largest absolute Gasteiger partial charge is 0.508 e. The van der Waals surface area contributed by atoms with Gasteiger partial charge in [-0.3, -0.25) is 9.13 Å². The first-order valence-corrected chi connectivity index (χ1v) is 11.1. The minimum Gasteiger partial charge on any atom is -0.508 e. The summed E-state index contributed by atoms with van der Waals surface area (Å²) in [5.41, 5.74) is 2.28. The molecule has 152 valence electrons. The Morgan fingerprint density at radius 2 is 1.35 bits per heavy atom. The van der Waals surface area contributed by atoms with Crippen molar-refractivity contribution in [3.8, 4) is 5.75 Å². The maximum absolute atomic E-state index is 12.5. The molecule has 0 fully saturated rings. The monoisotopic (exact) mass is 410 g/mol. The fourth-order valence-electron chi connectivity index (χ4n) is 2.48. The molecule has 0 aromatic heterocycles. The first-order chi connectivity index (χ1) is 11.6. The van der Waals surface area contributed by atoms with Crippen LogP contribution >= 0.6 is 15.9 Å². The summed E-state index contributed by atoms with van der Waals surface area (Å²) < 4.78 is 31.4. The molecule has 1 rings (SSSR count). The lowest BCUT2D eigenvalue weighted by molar-refractivity contribution is 0.274. The Balaban J connectivity index is 0.00000141. The molecule has 0 saturated heterocycles. The molecule has 0 amide bonds. The van der Waals surface area contributed by atoms with E-state index in [4.69, 9.17) is 23.4 Å². The van der Waals surface area contributed by atoms with Gasteiger partial charge >= 0.3 is 15.9 Å². The highest BCUT2D eigenvalue weighted by molar-refractivity contribution is 7.52. The minimum atomic E-state index is -3.17. The zero-order valence-corrected chi connectivity index (χ0v) is 18.7. The van der Waals surface area contributed by atoms with Crippen LogP contribution in [-0.4, -0.2) is 29.1 Å². The van der Waals surface area contributed by atoms with Crippen molar-refractivity contribution in [3.05, 3.63) is 28.8 Å². The number of benzene rings is 1. The van der Waals surface area contributed by atoms with Gasteiger partial charge < -0.3 is 23.9 Å².